The van der Waals surface area contributed by atoms with Gasteiger partial charge in [-0.1, -0.05) is 17.2 Å². The Morgan fingerprint density at radius 3 is 1.44 bits per heavy atom. The van der Waals surface area contributed by atoms with Gasteiger partial charge >= 0.3 is 17.9 Å². The topological polar surface area (TPSA) is 165 Å². The van der Waals surface area contributed by atoms with E-state index in [0.717, 1.165) is 22.4 Å². The third-order valence-electron chi connectivity index (χ3n) is 6.60. The lowest BCUT2D eigenvalue weighted by atomic mass is 9.99. The number of hydrogen-bond donors (Lipinski definition) is 3. The lowest BCUT2D eigenvalue weighted by Gasteiger charge is -2.25. The summed E-state index contributed by atoms with van der Waals surface area (Å²) in [5.41, 5.74) is 1.92. The summed E-state index contributed by atoms with van der Waals surface area (Å²) in [6.45, 7) is 12.5. The van der Waals surface area contributed by atoms with Crippen LogP contribution < -0.4 is 15.4 Å². The predicted octanol–water partition coefficient (Wildman–Crippen LogP) is 4.69. The molecule has 43 heavy (non-hydrogen) atoms. The number of anilines is 2. The van der Waals surface area contributed by atoms with Gasteiger partial charge < -0.3 is 34.3 Å². The first kappa shape index (κ1) is 32.6. The quantitative estimate of drug-likeness (QED) is 0.111. The highest BCUT2D eigenvalue weighted by atomic mass is 16.4. The molecule has 0 saturated carbocycles. The van der Waals surface area contributed by atoms with Crippen LogP contribution in [0.15, 0.2) is 57.4 Å². The summed E-state index contributed by atoms with van der Waals surface area (Å²) in [5, 5.41) is 40.9. The van der Waals surface area contributed by atoms with E-state index in [2.05, 4.69) is 88.0 Å². The van der Waals surface area contributed by atoms with Gasteiger partial charge in [-0.05, 0) is 76.6 Å². The molecule has 1 aromatic heterocycles. The molecule has 0 radical (unpaired) electrons. The van der Waals surface area contributed by atoms with Gasteiger partial charge in [0.25, 0.3) is 0 Å². The van der Waals surface area contributed by atoms with Crippen LogP contribution in [0.25, 0.3) is 16.6 Å². The van der Waals surface area contributed by atoms with Gasteiger partial charge in [0.2, 0.25) is 5.62 Å². The molecule has 0 aliphatic rings. The van der Waals surface area contributed by atoms with Crippen molar-refractivity contribution in [1.29, 1.82) is 0 Å². The molecule has 0 aliphatic carbocycles. The van der Waals surface area contributed by atoms with Crippen molar-refractivity contribution in [2.45, 2.75) is 52.6 Å². The highest BCUT2D eigenvalue weighted by Crippen LogP contribution is 2.35. The summed E-state index contributed by atoms with van der Waals surface area (Å²) >= 11 is 0. The van der Waals surface area contributed by atoms with Crippen LogP contribution in [0.2, 0.25) is 0 Å². The van der Waals surface area contributed by atoms with Crippen LogP contribution in [-0.4, -0.2) is 70.6 Å². The van der Waals surface area contributed by atoms with E-state index < -0.39 is 29.1 Å². The molecule has 3 rings (SSSR count). The van der Waals surface area contributed by atoms with Gasteiger partial charge in [0, 0.05) is 39.3 Å². The second-order valence-electron chi connectivity index (χ2n) is 12.4. The second kappa shape index (κ2) is 11.7. The highest BCUT2D eigenvalue weighted by molar-refractivity contribution is 6.31. The molecule has 13 heteroatoms. The Labute approximate surface area is 249 Å². The lowest BCUT2D eigenvalue weighted by molar-refractivity contribution is -0.141. The van der Waals surface area contributed by atoms with E-state index in [1.807, 2.05) is 28.2 Å². The number of carbonyl (C=O) groups is 3. The van der Waals surface area contributed by atoms with Crippen LogP contribution >= 0.6 is 0 Å². The van der Waals surface area contributed by atoms with Gasteiger partial charge in [-0.15, -0.1) is 5.11 Å². The Morgan fingerprint density at radius 2 is 1.12 bits per heavy atom. The van der Waals surface area contributed by atoms with Crippen molar-refractivity contribution in [2.75, 3.05) is 38.0 Å². The van der Waals surface area contributed by atoms with Crippen LogP contribution in [0.4, 0.5) is 17.1 Å². The first-order valence-corrected chi connectivity index (χ1v) is 13.4. The van der Waals surface area contributed by atoms with E-state index in [-0.39, 0.29) is 16.6 Å². The second-order valence-corrected chi connectivity index (χ2v) is 12.4. The predicted molar refractivity (Wildman–Crippen MR) is 165 cm³/mol. The van der Waals surface area contributed by atoms with Gasteiger partial charge in [-0.2, -0.15) is 0 Å². The molecule has 0 unspecified atom stereocenters. The number of aromatic nitrogens is 2. The molecule has 1 heterocycles. The summed E-state index contributed by atoms with van der Waals surface area (Å²) in [6.07, 6.45) is 0. The normalized spacial score (nSPS) is 12.0. The molecule has 13 nitrogen and oxygen atoms in total. The standard InChI is InChI=1S/C30H39N7O6/c1-29(2,3)36-21-15-19(34(7)8)20(35(9)10)16-22(21)37(30(4,5)6)28(36)32-33-31-18-13-11-17(12-14-18)23(25(38)39)24(26(40)41)27(42)43/h11-16H,1-10H3,(H,38,39)(H,40,41)(H,42,43). The maximum atomic E-state index is 11.7. The van der Waals surface area contributed by atoms with E-state index in [1.165, 1.54) is 24.3 Å². The minimum atomic E-state index is -1.86. The third kappa shape index (κ3) is 6.60. The van der Waals surface area contributed by atoms with Crippen molar-refractivity contribution < 1.29 is 29.7 Å². The van der Waals surface area contributed by atoms with Crippen molar-refractivity contribution in [3.05, 3.63) is 53.2 Å². The molecule has 3 N–H and O–H groups in total. The number of rotatable bonds is 8. The third-order valence-corrected chi connectivity index (χ3v) is 6.60. The van der Waals surface area contributed by atoms with Gasteiger partial charge in [0.05, 0.1) is 33.7 Å². The zero-order valence-electron chi connectivity index (χ0n) is 26.2. The summed E-state index contributed by atoms with van der Waals surface area (Å²) in [5.74, 6) is -5.39. The molecule has 230 valence electrons. The van der Waals surface area contributed by atoms with Crippen LogP contribution in [0.3, 0.4) is 0 Å². The minimum Gasteiger partial charge on any atom is -0.478 e. The van der Waals surface area contributed by atoms with E-state index in [0.29, 0.717) is 11.3 Å². The molecule has 2 aromatic carbocycles. The molecule has 0 aliphatic heterocycles. The molecule has 0 atom stereocenters. The first-order chi connectivity index (χ1) is 19.8. The zero-order chi connectivity index (χ0) is 32.6. The summed E-state index contributed by atoms with van der Waals surface area (Å²) in [4.78, 5) is 38.7. The fraction of sp³-hybridized carbons (Fsp3) is 0.400. The maximum absolute atomic E-state index is 11.7. The monoisotopic (exact) mass is 593 g/mol. The fourth-order valence-electron chi connectivity index (χ4n) is 4.85. The van der Waals surface area contributed by atoms with Crippen molar-refractivity contribution >= 4 is 51.6 Å². The molecular weight excluding hydrogens is 554 g/mol. The number of fused-ring (bicyclic) bond motifs is 1. The molecule has 0 fully saturated rings. The highest BCUT2D eigenvalue weighted by Gasteiger charge is 2.29. The first-order valence-electron chi connectivity index (χ1n) is 13.4. The number of carboxylic acid groups (broad SMARTS) is 3. The number of imidazole rings is 1. The number of aliphatic carboxylic acids is 3. The van der Waals surface area contributed by atoms with E-state index in [4.69, 9.17) is 0 Å². The zero-order valence-corrected chi connectivity index (χ0v) is 26.2. The van der Waals surface area contributed by atoms with Crippen molar-refractivity contribution in [3.63, 3.8) is 0 Å². The summed E-state index contributed by atoms with van der Waals surface area (Å²) in [7, 11) is 8.00. The molecule has 0 bridgehead atoms. The van der Waals surface area contributed by atoms with Crippen LogP contribution in [0.1, 0.15) is 47.1 Å². The van der Waals surface area contributed by atoms with Crippen molar-refractivity contribution in [3.8, 4) is 0 Å². The van der Waals surface area contributed by atoms with Gasteiger partial charge in [-0.3, -0.25) is 0 Å². The smallest absolute Gasteiger partial charge is 0.344 e. The van der Waals surface area contributed by atoms with E-state index in [9.17, 15) is 29.7 Å². The van der Waals surface area contributed by atoms with Crippen molar-refractivity contribution in [2.24, 2.45) is 15.4 Å². The molecule has 0 spiro atoms. The SMILES string of the molecule is CN(C)c1cc2c(cc1N(C)C)n(C(C)(C)C)c(=NN=Nc1ccc(C(C(=O)O)=C(C(=O)O)C(=O)O)cc1)n2C(C)(C)C. The molecule has 3 aromatic rings. The Bertz CT molecular complexity index is 1630. The Kier molecular flexibility index (Phi) is 8.90. The van der Waals surface area contributed by atoms with Gasteiger partial charge in [-0.25, -0.2) is 14.4 Å². The largest absolute Gasteiger partial charge is 0.478 e. The summed E-state index contributed by atoms with van der Waals surface area (Å²) < 4.78 is 4.23. The lowest BCUT2D eigenvalue weighted by Crippen LogP contribution is -2.40. The number of carboxylic acids is 3. The average molecular weight is 594 g/mol. The van der Waals surface area contributed by atoms with Crippen LogP contribution in [0, 0.1) is 0 Å². The van der Waals surface area contributed by atoms with E-state index >= 15 is 0 Å². The van der Waals surface area contributed by atoms with Gasteiger partial charge in [0.15, 0.2) is 5.57 Å². The number of hydrogen-bond acceptors (Lipinski definition) is 7. The number of benzene rings is 2. The Hall–Kier alpha value is -4.94. The van der Waals surface area contributed by atoms with Gasteiger partial charge in [0.1, 0.15) is 0 Å². The molecular formula is C30H39N7O6. The fourth-order valence-corrected chi connectivity index (χ4v) is 4.85. The van der Waals surface area contributed by atoms with Crippen molar-refractivity contribution in [1.82, 2.24) is 9.13 Å². The number of nitrogens with zero attached hydrogens (tertiary/aromatic N) is 7. The Balaban J connectivity index is 2.27. The maximum Gasteiger partial charge on any atom is 0.344 e. The average Bonchev–Trinajstić information content (AvgIpc) is 3.20. The molecule has 0 amide bonds. The minimum absolute atomic E-state index is 0.102. The summed E-state index contributed by atoms with van der Waals surface area (Å²) in [6, 6.07) is 9.64. The Morgan fingerprint density at radius 1 is 0.698 bits per heavy atom. The van der Waals surface area contributed by atoms with Crippen LogP contribution in [-0.2, 0) is 25.5 Å². The molecule has 0 saturated heterocycles. The van der Waals surface area contributed by atoms with Crippen LogP contribution in [0.5, 0.6) is 0 Å². The van der Waals surface area contributed by atoms with E-state index in [1.54, 1.807) is 0 Å².